The van der Waals surface area contributed by atoms with Gasteiger partial charge in [-0.25, -0.2) is 0 Å². The molecule has 1 rings (SSSR count). The van der Waals surface area contributed by atoms with Crippen LogP contribution in [0.1, 0.15) is 11.6 Å². The molecule has 0 aliphatic carbocycles. The van der Waals surface area contributed by atoms with Crippen molar-refractivity contribution in [3.8, 4) is 5.75 Å². The molecular weight excluding hydrogens is 242 g/mol. The predicted octanol–water partition coefficient (Wildman–Crippen LogP) is 2.49. The summed E-state index contributed by atoms with van der Waals surface area (Å²) < 4.78 is 5.07. The molecule has 0 saturated carbocycles. The van der Waals surface area contributed by atoms with Crippen LogP contribution >= 0.6 is 0 Å². The second-order valence-corrected chi connectivity index (χ2v) is 4.05. The van der Waals surface area contributed by atoms with Crippen molar-refractivity contribution in [2.24, 2.45) is 0 Å². The van der Waals surface area contributed by atoms with Crippen molar-refractivity contribution >= 4 is 5.97 Å². The molecular formula is C15H19NO3. The highest BCUT2D eigenvalue weighted by Crippen LogP contribution is 2.23. The van der Waals surface area contributed by atoms with Crippen LogP contribution in [0.5, 0.6) is 5.75 Å². The number of hydrogen-bond donors (Lipinski definition) is 1. The third kappa shape index (κ3) is 3.96. The summed E-state index contributed by atoms with van der Waals surface area (Å²) in [6, 6.07) is 6.31. The molecule has 0 radical (unpaired) electrons. The minimum Gasteiger partial charge on any atom is -0.497 e. The number of carboxylic acid groups (broad SMARTS) is 1. The molecule has 0 amide bonds. The van der Waals surface area contributed by atoms with Crippen LogP contribution in [-0.4, -0.2) is 36.2 Å². The number of benzene rings is 1. The van der Waals surface area contributed by atoms with Crippen LogP contribution in [0.25, 0.3) is 0 Å². The van der Waals surface area contributed by atoms with Gasteiger partial charge in [-0.1, -0.05) is 24.3 Å². The number of aliphatic carboxylic acids is 1. The predicted molar refractivity (Wildman–Crippen MR) is 75.3 cm³/mol. The van der Waals surface area contributed by atoms with Gasteiger partial charge in [0, 0.05) is 13.1 Å². The molecule has 0 spiro atoms. The monoisotopic (exact) mass is 261 g/mol. The zero-order valence-electron chi connectivity index (χ0n) is 11.1. The Hall–Kier alpha value is -2.07. The van der Waals surface area contributed by atoms with Gasteiger partial charge in [0.1, 0.15) is 11.8 Å². The molecule has 4 nitrogen and oxygen atoms in total. The van der Waals surface area contributed by atoms with E-state index in [-0.39, 0.29) is 0 Å². The van der Waals surface area contributed by atoms with Crippen LogP contribution in [0.2, 0.25) is 0 Å². The Morgan fingerprint density at radius 3 is 2.21 bits per heavy atom. The average Bonchev–Trinajstić information content (AvgIpc) is 2.40. The van der Waals surface area contributed by atoms with Crippen LogP contribution < -0.4 is 4.74 Å². The molecule has 102 valence electrons. The van der Waals surface area contributed by atoms with Gasteiger partial charge in [0.25, 0.3) is 0 Å². The van der Waals surface area contributed by atoms with Gasteiger partial charge >= 0.3 is 5.97 Å². The highest BCUT2D eigenvalue weighted by molar-refractivity contribution is 5.75. The van der Waals surface area contributed by atoms with Crippen LogP contribution in [0.4, 0.5) is 0 Å². The van der Waals surface area contributed by atoms with E-state index >= 15 is 0 Å². The average molecular weight is 261 g/mol. The lowest BCUT2D eigenvalue weighted by Gasteiger charge is -2.26. The van der Waals surface area contributed by atoms with Gasteiger partial charge in [-0.05, 0) is 17.7 Å². The van der Waals surface area contributed by atoms with Gasteiger partial charge in [-0.15, -0.1) is 13.2 Å². The van der Waals surface area contributed by atoms with Crippen molar-refractivity contribution in [3.05, 3.63) is 55.1 Å². The smallest absolute Gasteiger partial charge is 0.325 e. The Labute approximate surface area is 113 Å². The van der Waals surface area contributed by atoms with E-state index in [1.165, 1.54) is 0 Å². The van der Waals surface area contributed by atoms with E-state index in [1.54, 1.807) is 48.4 Å². The third-order valence-electron chi connectivity index (χ3n) is 2.76. The normalized spacial score (nSPS) is 11.9. The maximum Gasteiger partial charge on any atom is 0.325 e. The Balaban J connectivity index is 3.05. The lowest BCUT2D eigenvalue weighted by atomic mass is 10.0. The number of ether oxygens (including phenoxy) is 1. The van der Waals surface area contributed by atoms with E-state index < -0.39 is 12.0 Å². The van der Waals surface area contributed by atoms with E-state index in [4.69, 9.17) is 4.74 Å². The van der Waals surface area contributed by atoms with Gasteiger partial charge in [-0.3, -0.25) is 9.69 Å². The van der Waals surface area contributed by atoms with Crippen LogP contribution in [0, 0.1) is 0 Å². The molecule has 1 aromatic carbocycles. The van der Waals surface area contributed by atoms with E-state index in [2.05, 4.69) is 13.2 Å². The minimum absolute atomic E-state index is 0.481. The molecule has 1 N–H and O–H groups in total. The van der Waals surface area contributed by atoms with Crippen molar-refractivity contribution in [2.45, 2.75) is 6.04 Å². The number of hydrogen-bond acceptors (Lipinski definition) is 3. The number of nitrogens with zero attached hydrogens (tertiary/aromatic N) is 1. The largest absolute Gasteiger partial charge is 0.497 e. The lowest BCUT2D eigenvalue weighted by Crippen LogP contribution is -2.34. The van der Waals surface area contributed by atoms with E-state index in [9.17, 15) is 9.90 Å². The number of rotatable bonds is 8. The molecule has 0 fully saturated rings. The van der Waals surface area contributed by atoms with Gasteiger partial charge in [0.2, 0.25) is 0 Å². The van der Waals surface area contributed by atoms with E-state index in [0.29, 0.717) is 24.4 Å². The third-order valence-corrected chi connectivity index (χ3v) is 2.76. The Morgan fingerprint density at radius 1 is 1.32 bits per heavy atom. The van der Waals surface area contributed by atoms with Crippen molar-refractivity contribution in [3.63, 3.8) is 0 Å². The van der Waals surface area contributed by atoms with Crippen LogP contribution in [0.15, 0.2) is 49.6 Å². The van der Waals surface area contributed by atoms with Crippen molar-refractivity contribution in [1.82, 2.24) is 4.90 Å². The highest BCUT2D eigenvalue weighted by Gasteiger charge is 2.25. The number of carboxylic acids is 1. The van der Waals surface area contributed by atoms with Crippen molar-refractivity contribution < 1.29 is 14.6 Å². The fourth-order valence-electron chi connectivity index (χ4n) is 1.91. The molecule has 0 unspecified atom stereocenters. The zero-order chi connectivity index (χ0) is 14.3. The molecule has 4 heteroatoms. The Morgan fingerprint density at radius 2 is 1.84 bits per heavy atom. The number of methoxy groups -OCH3 is 1. The molecule has 0 bridgehead atoms. The molecule has 1 aromatic rings. The maximum atomic E-state index is 11.5. The first-order chi connectivity index (χ1) is 9.13. The fraction of sp³-hybridized carbons (Fsp3) is 0.267. The minimum atomic E-state index is -0.895. The summed E-state index contributed by atoms with van der Waals surface area (Å²) in [7, 11) is 1.57. The van der Waals surface area contributed by atoms with E-state index in [1.807, 2.05) is 0 Å². The Bertz CT molecular complexity index is 429. The first kappa shape index (κ1) is 15.0. The topological polar surface area (TPSA) is 49.8 Å². The summed E-state index contributed by atoms with van der Waals surface area (Å²) in [6.07, 6.45) is 3.37. The summed E-state index contributed by atoms with van der Waals surface area (Å²) in [5.41, 5.74) is 0.706. The quantitative estimate of drug-likeness (QED) is 0.730. The highest BCUT2D eigenvalue weighted by atomic mass is 16.5. The zero-order valence-corrected chi connectivity index (χ0v) is 11.1. The second-order valence-electron chi connectivity index (χ2n) is 4.05. The van der Waals surface area contributed by atoms with Gasteiger partial charge in [0.15, 0.2) is 0 Å². The standard InChI is InChI=1S/C15H19NO3/c1-4-10-16(11-5-2)14(15(17)18)12-6-8-13(19-3)9-7-12/h4-9,14H,1-2,10-11H2,3H3,(H,17,18)/t14-/m0/s1. The molecule has 0 saturated heterocycles. The first-order valence-electron chi connectivity index (χ1n) is 5.96. The SMILES string of the molecule is C=CCN(CC=C)[C@H](C(=O)O)c1ccc(OC)cc1. The van der Waals surface area contributed by atoms with Gasteiger partial charge in [-0.2, -0.15) is 0 Å². The second kappa shape index (κ2) is 7.38. The Kier molecular flexibility index (Phi) is 5.82. The molecule has 0 aliphatic rings. The van der Waals surface area contributed by atoms with Crippen LogP contribution in [0.3, 0.4) is 0 Å². The van der Waals surface area contributed by atoms with Gasteiger partial charge < -0.3 is 9.84 Å². The summed E-state index contributed by atoms with van der Waals surface area (Å²) >= 11 is 0. The fourth-order valence-corrected chi connectivity index (χ4v) is 1.91. The number of carbonyl (C=O) groups is 1. The summed E-state index contributed by atoms with van der Waals surface area (Å²) in [5.74, 6) is -0.194. The molecule has 19 heavy (non-hydrogen) atoms. The molecule has 1 atom stereocenters. The van der Waals surface area contributed by atoms with Crippen LogP contribution in [-0.2, 0) is 4.79 Å². The summed E-state index contributed by atoms with van der Waals surface area (Å²) in [4.78, 5) is 13.3. The summed E-state index contributed by atoms with van der Waals surface area (Å²) in [5, 5.41) is 9.44. The summed E-state index contributed by atoms with van der Waals surface area (Å²) in [6.45, 7) is 8.28. The maximum absolute atomic E-state index is 11.5. The molecule has 0 aromatic heterocycles. The van der Waals surface area contributed by atoms with Crippen molar-refractivity contribution in [1.29, 1.82) is 0 Å². The molecule has 0 aliphatic heterocycles. The first-order valence-corrected chi connectivity index (χ1v) is 5.96. The van der Waals surface area contributed by atoms with Gasteiger partial charge in [0.05, 0.1) is 7.11 Å². The van der Waals surface area contributed by atoms with E-state index in [0.717, 1.165) is 0 Å². The van der Waals surface area contributed by atoms with Crippen molar-refractivity contribution in [2.75, 3.05) is 20.2 Å². The lowest BCUT2D eigenvalue weighted by molar-refractivity contribution is -0.143. The molecule has 0 heterocycles.